The predicted octanol–water partition coefficient (Wildman–Crippen LogP) is 5.60. The number of nitrogens with one attached hydrogen (secondary N) is 1. The molecule has 4 aliphatic rings. The van der Waals surface area contributed by atoms with Gasteiger partial charge in [0.05, 0.1) is 38.5 Å². The van der Waals surface area contributed by atoms with Gasteiger partial charge in [0, 0.05) is 76.1 Å². The van der Waals surface area contributed by atoms with Crippen LogP contribution in [-0.2, 0) is 41.5 Å². The fourth-order valence-corrected chi connectivity index (χ4v) is 8.85. The van der Waals surface area contributed by atoms with E-state index >= 15 is 0 Å². The van der Waals surface area contributed by atoms with Crippen LogP contribution in [-0.4, -0.2) is 135 Å². The number of benzene rings is 2. The van der Waals surface area contributed by atoms with Crippen LogP contribution in [0.4, 0.5) is 0 Å². The quantitative estimate of drug-likeness (QED) is 0.156. The third kappa shape index (κ3) is 14.5. The molecule has 3 saturated heterocycles. The molecular formula is C46H67N5NbO7. The molecule has 6 rings (SSSR count). The SMILES string of the molecule is [CH2-]C(=O)N1CCCC(c2cccc(C(=O)N[C@@H](C(=O)N3CCC(CN4CCN(CC(=O)OCC)CC4)CC3)C3CCCCC3)c2)C1.[CH2-]c1ccc(OC)cc1OCC.[Nb+2]. The van der Waals surface area contributed by atoms with Gasteiger partial charge in [-0.3, -0.25) is 19.3 Å². The molecule has 1 aliphatic carbocycles. The van der Waals surface area contributed by atoms with Crippen molar-refractivity contribution in [3.63, 3.8) is 0 Å². The second-order valence-electron chi connectivity index (χ2n) is 16.2. The van der Waals surface area contributed by atoms with Crippen molar-refractivity contribution >= 4 is 23.7 Å². The number of rotatable bonds is 13. The van der Waals surface area contributed by atoms with Crippen molar-refractivity contribution in [2.24, 2.45) is 11.8 Å². The van der Waals surface area contributed by atoms with Crippen LogP contribution in [0, 0.1) is 25.7 Å². The summed E-state index contributed by atoms with van der Waals surface area (Å²) in [5.74, 6) is 2.04. The minimum Gasteiger partial charge on any atom is -0.551 e. The van der Waals surface area contributed by atoms with Crippen molar-refractivity contribution in [3.05, 3.63) is 73.0 Å². The molecule has 2 aromatic rings. The van der Waals surface area contributed by atoms with E-state index in [1.54, 1.807) is 12.0 Å². The maximum atomic E-state index is 14.1. The van der Waals surface area contributed by atoms with Gasteiger partial charge in [-0.1, -0.05) is 37.5 Å². The van der Waals surface area contributed by atoms with E-state index in [1.807, 2.05) is 61.2 Å². The summed E-state index contributed by atoms with van der Waals surface area (Å²) in [5, 5.41) is 3.21. The zero-order chi connectivity index (χ0) is 41.4. The Balaban J connectivity index is 0.000000509. The number of nitrogens with zero attached hydrogens (tertiary/aromatic N) is 4. The van der Waals surface area contributed by atoms with Crippen molar-refractivity contribution in [2.45, 2.75) is 83.6 Å². The molecule has 3 aliphatic heterocycles. The molecule has 323 valence electrons. The first-order valence-electron chi connectivity index (χ1n) is 21.6. The largest absolute Gasteiger partial charge is 2.00 e. The van der Waals surface area contributed by atoms with Crippen molar-refractivity contribution in [2.75, 3.05) is 85.8 Å². The van der Waals surface area contributed by atoms with Crippen LogP contribution < -0.4 is 14.8 Å². The molecule has 1 radical (unpaired) electrons. The average Bonchev–Trinajstić information content (AvgIpc) is 3.25. The van der Waals surface area contributed by atoms with Crippen LogP contribution in [0.2, 0.25) is 0 Å². The van der Waals surface area contributed by atoms with E-state index in [2.05, 4.69) is 29.0 Å². The van der Waals surface area contributed by atoms with Gasteiger partial charge in [-0.15, -0.1) is 0 Å². The van der Waals surface area contributed by atoms with Crippen molar-refractivity contribution in [1.82, 2.24) is 24.9 Å². The van der Waals surface area contributed by atoms with E-state index in [0.29, 0.717) is 37.8 Å². The number of piperidine rings is 2. The standard InChI is InChI=1S/C36H54N5O5.C10H13O2.Nb/c1-3-46-33(43)26-39-21-19-38(20-22-39)24-28-14-17-40(18-15-28)36(45)34(29-9-5-4-6-10-29)37-35(44)31-12-7-11-30(23-31)32-13-8-16-41(25-32)27(2)42;1-4-12-10-7-9(11-3)6-5-8(10)2;/h7,11-12,23,28-29,32,34H,2-6,8-10,13-22,24-26H2,1H3,(H,37,44);5-7H,2,4H2,1,3H3;/q2*-1;+2/t32?,34-;;/m1../s1. The van der Waals surface area contributed by atoms with Crippen LogP contribution >= 0.6 is 0 Å². The molecule has 0 bridgehead atoms. The number of carbonyl (C=O) groups is 4. The number of ether oxygens (including phenoxy) is 3. The molecular weight excluding hydrogens is 827 g/mol. The zero-order valence-electron chi connectivity index (χ0n) is 35.7. The Morgan fingerprint density at radius 2 is 1.53 bits per heavy atom. The second kappa shape index (κ2) is 24.5. The molecule has 1 saturated carbocycles. The fourth-order valence-electron chi connectivity index (χ4n) is 8.85. The Kier molecular flexibility index (Phi) is 20.0. The Labute approximate surface area is 368 Å². The predicted molar refractivity (Wildman–Crippen MR) is 226 cm³/mol. The topological polar surface area (TPSA) is 121 Å². The monoisotopic (exact) mass is 894 g/mol. The van der Waals surface area contributed by atoms with E-state index in [-0.39, 0.29) is 57.9 Å². The van der Waals surface area contributed by atoms with Crippen molar-refractivity contribution < 1.29 is 55.8 Å². The summed E-state index contributed by atoms with van der Waals surface area (Å²) in [4.78, 5) is 59.9. The summed E-state index contributed by atoms with van der Waals surface area (Å²) in [5.41, 5.74) is 2.52. The summed E-state index contributed by atoms with van der Waals surface area (Å²) in [6.07, 6.45) is 9.14. The molecule has 0 spiro atoms. The number of amides is 3. The number of hydrogen-bond donors (Lipinski definition) is 1. The van der Waals surface area contributed by atoms with Gasteiger partial charge >= 0.3 is 28.3 Å². The summed E-state index contributed by atoms with van der Waals surface area (Å²) in [7, 11) is 1.63. The molecule has 4 fully saturated rings. The molecule has 2 aromatic carbocycles. The molecule has 59 heavy (non-hydrogen) atoms. The number of carbonyl (C=O) groups excluding carboxylic acids is 4. The van der Waals surface area contributed by atoms with E-state index in [4.69, 9.17) is 14.2 Å². The molecule has 3 heterocycles. The van der Waals surface area contributed by atoms with Crippen LogP contribution in [0.3, 0.4) is 0 Å². The number of hydrogen-bond acceptors (Lipinski definition) is 9. The van der Waals surface area contributed by atoms with E-state index in [1.165, 1.54) is 6.42 Å². The molecule has 12 nitrogen and oxygen atoms in total. The number of piperazine rings is 1. The summed E-state index contributed by atoms with van der Waals surface area (Å²) < 4.78 is 15.5. The third-order valence-corrected chi connectivity index (χ3v) is 12.2. The summed E-state index contributed by atoms with van der Waals surface area (Å²) >= 11 is 0. The van der Waals surface area contributed by atoms with Crippen LogP contribution in [0.15, 0.2) is 42.5 Å². The van der Waals surface area contributed by atoms with Gasteiger partial charge in [0.2, 0.25) is 5.91 Å². The molecule has 2 atom stereocenters. The van der Waals surface area contributed by atoms with E-state index < -0.39 is 6.04 Å². The molecule has 1 unspecified atom stereocenters. The first-order valence-corrected chi connectivity index (χ1v) is 21.6. The van der Waals surface area contributed by atoms with Crippen molar-refractivity contribution in [1.29, 1.82) is 0 Å². The van der Waals surface area contributed by atoms with Gasteiger partial charge in [-0.25, -0.2) is 0 Å². The Bertz CT molecular complexity index is 1640. The first-order chi connectivity index (χ1) is 28.1. The Hall–Kier alpha value is -3.68. The van der Waals surface area contributed by atoms with E-state index in [9.17, 15) is 19.2 Å². The molecule has 13 heteroatoms. The number of methoxy groups -OCH3 is 1. The minimum absolute atomic E-state index is 0. The molecule has 0 aromatic heterocycles. The zero-order valence-corrected chi connectivity index (χ0v) is 37.9. The second-order valence-corrected chi connectivity index (χ2v) is 16.2. The van der Waals surface area contributed by atoms with Gasteiger partial charge in [-0.05, 0) is 88.0 Å². The van der Waals surface area contributed by atoms with Crippen molar-refractivity contribution in [3.8, 4) is 11.5 Å². The maximum absolute atomic E-state index is 14.1. The summed E-state index contributed by atoms with van der Waals surface area (Å²) in [6.45, 7) is 20.1. The summed E-state index contributed by atoms with van der Waals surface area (Å²) in [6, 6.07) is 12.8. The first kappa shape index (κ1) is 48.0. The van der Waals surface area contributed by atoms with Gasteiger partial charge in [0.15, 0.2) is 0 Å². The fraction of sp³-hybridized carbons (Fsp3) is 0.609. The number of esters is 1. The molecule has 3 amide bonds. The van der Waals surface area contributed by atoms with Gasteiger partial charge in [0.25, 0.3) is 5.91 Å². The van der Waals surface area contributed by atoms with Gasteiger partial charge in [-0.2, -0.15) is 18.6 Å². The maximum Gasteiger partial charge on any atom is 2.00 e. The minimum atomic E-state index is -0.505. The number of likely N-dealkylation sites (tertiary alicyclic amines) is 2. The third-order valence-electron chi connectivity index (χ3n) is 12.2. The smallest absolute Gasteiger partial charge is 0.551 e. The normalized spacial score (nSPS) is 19.9. The van der Waals surface area contributed by atoms with Crippen LogP contribution in [0.25, 0.3) is 0 Å². The van der Waals surface area contributed by atoms with Gasteiger partial charge < -0.3 is 45.9 Å². The average molecular weight is 895 g/mol. The van der Waals surface area contributed by atoms with Gasteiger partial charge in [0.1, 0.15) is 6.04 Å². The van der Waals surface area contributed by atoms with E-state index in [0.717, 1.165) is 126 Å². The molecule has 1 N–H and O–H groups in total. The Morgan fingerprint density at radius 1 is 0.814 bits per heavy atom. The Morgan fingerprint density at radius 3 is 2.19 bits per heavy atom. The van der Waals surface area contributed by atoms with Crippen LogP contribution in [0.5, 0.6) is 11.5 Å². The van der Waals surface area contributed by atoms with Crippen LogP contribution in [0.1, 0.15) is 99.0 Å².